The van der Waals surface area contributed by atoms with E-state index in [4.69, 9.17) is 0 Å². The van der Waals surface area contributed by atoms with Crippen LogP contribution in [0.4, 0.5) is 0 Å². The molecule has 1 amide bonds. The lowest BCUT2D eigenvalue weighted by Gasteiger charge is -2.28. The summed E-state index contributed by atoms with van der Waals surface area (Å²) < 4.78 is 26.5. The van der Waals surface area contributed by atoms with Crippen LogP contribution in [0.2, 0.25) is 0 Å². The summed E-state index contributed by atoms with van der Waals surface area (Å²) in [5.41, 5.74) is 2.90. The summed E-state index contributed by atoms with van der Waals surface area (Å²) in [7, 11) is -3.28. The van der Waals surface area contributed by atoms with Gasteiger partial charge in [0.2, 0.25) is 5.91 Å². The fourth-order valence-electron chi connectivity index (χ4n) is 3.70. The van der Waals surface area contributed by atoms with Gasteiger partial charge < -0.3 is 9.47 Å². The summed E-state index contributed by atoms with van der Waals surface area (Å²) in [4.78, 5) is 15.3. The van der Waals surface area contributed by atoms with Gasteiger partial charge in [-0.05, 0) is 48.4 Å². The van der Waals surface area contributed by atoms with Crippen LogP contribution in [0.5, 0.6) is 0 Å². The van der Waals surface area contributed by atoms with Crippen molar-refractivity contribution in [1.82, 2.24) is 9.47 Å². The number of hydrogen-bond donors (Lipinski definition) is 0. The van der Waals surface area contributed by atoms with Crippen LogP contribution in [0.3, 0.4) is 0 Å². The van der Waals surface area contributed by atoms with Gasteiger partial charge in [-0.3, -0.25) is 4.79 Å². The number of rotatable bonds is 6. The SMILES string of the molecule is CC1=CC(N(Cc2ccccc2)C(=O)Cc2ccc(-n3cccc3)cc2)CS1(=O)=O. The Hall–Kier alpha value is -3.12. The molecule has 2 heterocycles. The second-order valence-electron chi connectivity index (χ2n) is 7.57. The van der Waals surface area contributed by atoms with Crippen molar-refractivity contribution in [2.75, 3.05) is 5.75 Å². The van der Waals surface area contributed by atoms with Crippen LogP contribution in [-0.4, -0.2) is 35.6 Å². The van der Waals surface area contributed by atoms with Crippen molar-refractivity contribution in [3.63, 3.8) is 0 Å². The molecule has 0 bridgehead atoms. The van der Waals surface area contributed by atoms with E-state index in [0.29, 0.717) is 11.4 Å². The molecule has 30 heavy (non-hydrogen) atoms. The normalized spacial score (nSPS) is 17.5. The minimum atomic E-state index is -3.28. The summed E-state index contributed by atoms with van der Waals surface area (Å²) >= 11 is 0. The van der Waals surface area contributed by atoms with E-state index in [1.54, 1.807) is 17.9 Å². The summed E-state index contributed by atoms with van der Waals surface area (Å²) in [5.74, 6) is -0.136. The van der Waals surface area contributed by atoms with Crippen LogP contribution in [0.25, 0.3) is 5.69 Å². The van der Waals surface area contributed by atoms with E-state index in [1.165, 1.54) is 0 Å². The third kappa shape index (κ3) is 4.39. The third-order valence-electron chi connectivity index (χ3n) is 5.42. The summed E-state index contributed by atoms with van der Waals surface area (Å²) in [6.07, 6.45) is 5.86. The molecule has 2 aromatic carbocycles. The zero-order valence-electron chi connectivity index (χ0n) is 16.8. The second kappa shape index (κ2) is 8.32. The fraction of sp³-hybridized carbons (Fsp3) is 0.208. The highest BCUT2D eigenvalue weighted by Gasteiger charge is 2.33. The fourth-order valence-corrected chi connectivity index (χ4v) is 5.05. The zero-order valence-corrected chi connectivity index (χ0v) is 17.6. The molecule has 0 saturated carbocycles. The largest absolute Gasteiger partial charge is 0.331 e. The van der Waals surface area contributed by atoms with E-state index < -0.39 is 15.9 Å². The molecule has 6 heteroatoms. The number of allylic oxidation sites excluding steroid dienone is 1. The number of benzene rings is 2. The maximum absolute atomic E-state index is 13.2. The number of nitrogens with zero attached hydrogens (tertiary/aromatic N) is 2. The monoisotopic (exact) mass is 420 g/mol. The lowest BCUT2D eigenvalue weighted by molar-refractivity contribution is -0.132. The van der Waals surface area contributed by atoms with Crippen LogP contribution in [0.1, 0.15) is 18.1 Å². The molecule has 5 nitrogen and oxygen atoms in total. The summed E-state index contributed by atoms with van der Waals surface area (Å²) in [5, 5.41) is 0. The number of carbonyl (C=O) groups is 1. The summed E-state index contributed by atoms with van der Waals surface area (Å²) in [6.45, 7) is 1.98. The number of carbonyl (C=O) groups excluding carboxylic acids is 1. The molecule has 154 valence electrons. The van der Waals surface area contributed by atoms with Gasteiger partial charge in [-0.2, -0.15) is 0 Å². The van der Waals surface area contributed by atoms with Gasteiger partial charge in [0.1, 0.15) is 0 Å². The average Bonchev–Trinajstić information content (AvgIpc) is 3.36. The van der Waals surface area contributed by atoms with Gasteiger partial charge in [0.05, 0.1) is 18.2 Å². The summed E-state index contributed by atoms with van der Waals surface area (Å²) in [6, 6.07) is 21.0. The molecule has 1 unspecified atom stereocenters. The van der Waals surface area contributed by atoms with Crippen molar-refractivity contribution in [3.8, 4) is 5.69 Å². The molecular weight excluding hydrogens is 396 g/mol. The maximum atomic E-state index is 13.2. The van der Waals surface area contributed by atoms with E-state index in [1.807, 2.05) is 83.7 Å². The van der Waals surface area contributed by atoms with Gasteiger partial charge >= 0.3 is 0 Å². The lowest BCUT2D eigenvalue weighted by Crippen LogP contribution is -2.41. The van der Waals surface area contributed by atoms with Crippen LogP contribution in [-0.2, 0) is 27.6 Å². The molecule has 1 aliphatic rings. The third-order valence-corrected chi connectivity index (χ3v) is 7.32. The molecule has 3 aromatic rings. The van der Waals surface area contributed by atoms with Crippen LogP contribution >= 0.6 is 0 Å². The molecule has 0 aliphatic carbocycles. The standard InChI is InChI=1S/C24H24N2O3S/c1-19-15-23(18-30(19,28)29)26(17-21-7-3-2-4-8-21)24(27)16-20-9-11-22(12-10-20)25-13-5-6-14-25/h2-15,23H,16-18H2,1H3. The van der Waals surface area contributed by atoms with E-state index in [0.717, 1.165) is 16.8 Å². The number of hydrogen-bond acceptors (Lipinski definition) is 3. The molecule has 1 aliphatic heterocycles. The molecule has 1 aromatic heterocycles. The lowest BCUT2D eigenvalue weighted by atomic mass is 10.1. The number of amides is 1. The molecule has 1 atom stereocenters. The van der Waals surface area contributed by atoms with Crippen molar-refractivity contribution in [2.45, 2.75) is 25.9 Å². The van der Waals surface area contributed by atoms with Gasteiger partial charge in [-0.1, -0.05) is 42.5 Å². The van der Waals surface area contributed by atoms with E-state index >= 15 is 0 Å². The van der Waals surface area contributed by atoms with Crippen LogP contribution in [0.15, 0.2) is 90.1 Å². The molecule has 0 radical (unpaired) electrons. The molecule has 0 spiro atoms. The Morgan fingerprint density at radius 2 is 1.63 bits per heavy atom. The Balaban J connectivity index is 1.55. The van der Waals surface area contributed by atoms with Crippen molar-refractivity contribution in [3.05, 3.63) is 101 Å². The van der Waals surface area contributed by atoms with E-state index in [2.05, 4.69) is 0 Å². The number of sulfone groups is 1. The van der Waals surface area contributed by atoms with Gasteiger partial charge in [0.25, 0.3) is 0 Å². The highest BCUT2D eigenvalue weighted by Crippen LogP contribution is 2.24. The second-order valence-corrected chi connectivity index (χ2v) is 9.77. The first-order chi connectivity index (χ1) is 14.4. The predicted molar refractivity (Wildman–Crippen MR) is 118 cm³/mol. The first kappa shape index (κ1) is 20.2. The minimum Gasteiger partial charge on any atom is -0.331 e. The molecule has 0 saturated heterocycles. The van der Waals surface area contributed by atoms with Crippen molar-refractivity contribution >= 4 is 15.7 Å². The molecule has 0 fully saturated rings. The smallest absolute Gasteiger partial charge is 0.227 e. The van der Waals surface area contributed by atoms with Gasteiger partial charge in [-0.25, -0.2) is 8.42 Å². The molecule has 4 rings (SSSR count). The maximum Gasteiger partial charge on any atom is 0.227 e. The average molecular weight is 421 g/mol. The van der Waals surface area contributed by atoms with E-state index in [-0.39, 0.29) is 18.1 Å². The van der Waals surface area contributed by atoms with Gasteiger partial charge in [0.15, 0.2) is 9.84 Å². The zero-order chi connectivity index (χ0) is 21.1. The van der Waals surface area contributed by atoms with E-state index in [9.17, 15) is 13.2 Å². The van der Waals surface area contributed by atoms with Crippen molar-refractivity contribution in [1.29, 1.82) is 0 Å². The Bertz CT molecular complexity index is 1150. The van der Waals surface area contributed by atoms with Gasteiger partial charge in [0, 0.05) is 29.5 Å². The van der Waals surface area contributed by atoms with Gasteiger partial charge in [-0.15, -0.1) is 0 Å². The highest BCUT2D eigenvalue weighted by atomic mass is 32.2. The predicted octanol–water partition coefficient (Wildman–Crippen LogP) is 3.75. The molecule has 0 N–H and O–H groups in total. The topological polar surface area (TPSA) is 59.4 Å². The van der Waals surface area contributed by atoms with Crippen LogP contribution in [0, 0.1) is 0 Å². The quantitative estimate of drug-likeness (QED) is 0.610. The number of aromatic nitrogens is 1. The highest BCUT2D eigenvalue weighted by molar-refractivity contribution is 7.95. The Morgan fingerprint density at radius 1 is 0.967 bits per heavy atom. The minimum absolute atomic E-state index is 0.0516. The van der Waals surface area contributed by atoms with Crippen molar-refractivity contribution in [2.24, 2.45) is 0 Å². The molecular formula is C24H24N2O3S. The Morgan fingerprint density at radius 3 is 2.23 bits per heavy atom. The first-order valence-electron chi connectivity index (χ1n) is 9.89. The van der Waals surface area contributed by atoms with Crippen molar-refractivity contribution < 1.29 is 13.2 Å². The Kier molecular flexibility index (Phi) is 5.59. The Labute approximate surface area is 177 Å². The first-order valence-corrected chi connectivity index (χ1v) is 11.5. The van der Waals surface area contributed by atoms with Crippen LogP contribution < -0.4 is 0 Å².